The molecule has 0 unspecified atom stereocenters. The number of aromatic nitrogens is 2. The molecule has 2 rings (SSSR count). The number of rotatable bonds is 7. The van der Waals surface area contributed by atoms with E-state index < -0.39 is 47.7 Å². The lowest BCUT2D eigenvalue weighted by Gasteiger charge is -2.16. The molecule has 1 aliphatic heterocycles. The molecule has 1 aromatic heterocycles. The highest BCUT2D eigenvalue weighted by atomic mass is 16.6. The molecule has 28 heavy (non-hydrogen) atoms. The number of nitrogens with zero attached hydrogens (tertiary/aromatic N) is 1. The number of carbonyl (C=O) groups excluding carboxylic acids is 2. The molecule has 12 heteroatoms. The fourth-order valence-electron chi connectivity index (χ4n) is 2.42. The molecule has 1 aliphatic rings. The zero-order valence-corrected chi connectivity index (χ0v) is 15.4. The number of aliphatic hydroxyl groups is 2. The Morgan fingerprint density at radius 2 is 1.96 bits per heavy atom. The van der Waals surface area contributed by atoms with Gasteiger partial charge in [-0.1, -0.05) is 0 Å². The van der Waals surface area contributed by atoms with Crippen LogP contribution in [0.25, 0.3) is 0 Å². The van der Waals surface area contributed by atoms with Gasteiger partial charge in [0.05, 0.1) is 6.54 Å². The summed E-state index contributed by atoms with van der Waals surface area (Å²) in [6, 6.07) is 1.10. The van der Waals surface area contributed by atoms with Crippen LogP contribution in [0.5, 0.6) is 0 Å². The van der Waals surface area contributed by atoms with Crippen LogP contribution in [0.4, 0.5) is 0 Å². The van der Waals surface area contributed by atoms with E-state index >= 15 is 0 Å². The first-order valence-electron chi connectivity index (χ1n) is 8.63. The number of esters is 1. The highest BCUT2D eigenvalue weighted by Crippen LogP contribution is 2.28. The number of unbranched alkanes of at least 4 members (excludes halogenated alkanes) is 1. The van der Waals surface area contributed by atoms with E-state index in [2.05, 4.69) is 5.73 Å². The Bertz CT molecular complexity index is 756. The van der Waals surface area contributed by atoms with E-state index in [0.29, 0.717) is 6.42 Å². The van der Waals surface area contributed by atoms with Crippen molar-refractivity contribution in [1.82, 2.24) is 9.55 Å². The SMILES string of the molecule is CC(=O)[O-].[NH3+]CCCCC(=O)OC[C@H]1O[C@@H](n2ccc(=O)[nH]c2=O)[C@H](O)[C@@H]1O. The van der Waals surface area contributed by atoms with Gasteiger partial charge in [-0.15, -0.1) is 0 Å². The van der Waals surface area contributed by atoms with Crippen LogP contribution in [0.1, 0.15) is 32.4 Å². The lowest BCUT2D eigenvalue weighted by molar-refractivity contribution is -0.368. The number of ether oxygens (including phenoxy) is 2. The van der Waals surface area contributed by atoms with Crippen molar-refractivity contribution in [3.05, 3.63) is 33.1 Å². The minimum atomic E-state index is -1.40. The Labute approximate surface area is 159 Å². The van der Waals surface area contributed by atoms with Crippen LogP contribution in [0.15, 0.2) is 21.9 Å². The van der Waals surface area contributed by atoms with Crippen LogP contribution in [0.2, 0.25) is 0 Å². The number of nitrogens with one attached hydrogen (secondary N) is 1. The van der Waals surface area contributed by atoms with Crippen LogP contribution >= 0.6 is 0 Å². The number of aliphatic carboxylic acids is 1. The zero-order valence-electron chi connectivity index (χ0n) is 15.4. The van der Waals surface area contributed by atoms with Gasteiger partial charge >= 0.3 is 11.7 Å². The summed E-state index contributed by atoms with van der Waals surface area (Å²) in [5.41, 5.74) is 2.32. The van der Waals surface area contributed by atoms with Gasteiger partial charge in [-0.25, -0.2) is 4.79 Å². The quantitative estimate of drug-likeness (QED) is 0.258. The maximum atomic E-state index is 11.7. The molecule has 1 aromatic rings. The Morgan fingerprint density at radius 1 is 1.32 bits per heavy atom. The predicted octanol–water partition coefficient (Wildman–Crippen LogP) is -4.13. The number of aliphatic hydroxyl groups excluding tert-OH is 2. The lowest BCUT2D eigenvalue weighted by atomic mass is 10.1. The standard InChI is InChI=1S/C14H21N3O7.C2H4O2/c15-5-2-1-3-10(19)23-7-8-11(20)12(21)13(24-8)17-6-4-9(18)16-14(17)22;1-2(3)4/h4,6,8,11-13,20-21H,1-3,5,7,15H2,(H,16,18,22);1H3,(H,3,4)/t8-,11-,12-,13-;/m1./s1. The second kappa shape index (κ2) is 11.3. The molecule has 0 radical (unpaired) electrons. The second-order valence-electron chi connectivity index (χ2n) is 6.05. The fraction of sp³-hybridized carbons (Fsp3) is 0.625. The molecule has 0 bridgehead atoms. The average Bonchev–Trinajstić information content (AvgIpc) is 2.88. The lowest BCUT2D eigenvalue weighted by Crippen LogP contribution is -2.50. The Balaban J connectivity index is 0.000000892. The van der Waals surface area contributed by atoms with Gasteiger partial charge in [-0.3, -0.25) is 19.1 Å². The monoisotopic (exact) mass is 403 g/mol. The molecule has 6 N–H and O–H groups in total. The van der Waals surface area contributed by atoms with Crippen molar-refractivity contribution in [3.8, 4) is 0 Å². The summed E-state index contributed by atoms with van der Waals surface area (Å²) in [4.78, 5) is 45.3. The maximum Gasteiger partial charge on any atom is 0.330 e. The second-order valence-corrected chi connectivity index (χ2v) is 6.05. The molecule has 4 atom stereocenters. The zero-order chi connectivity index (χ0) is 21.3. The summed E-state index contributed by atoms with van der Waals surface area (Å²) in [6.07, 6.45) is -2.01. The van der Waals surface area contributed by atoms with Crippen LogP contribution in [0, 0.1) is 0 Å². The smallest absolute Gasteiger partial charge is 0.330 e. The van der Waals surface area contributed by atoms with Gasteiger partial charge < -0.3 is 35.3 Å². The Kier molecular flexibility index (Phi) is 9.51. The molecule has 158 valence electrons. The summed E-state index contributed by atoms with van der Waals surface area (Å²) < 4.78 is 11.4. The molecule has 1 fully saturated rings. The largest absolute Gasteiger partial charge is 0.550 e. The van der Waals surface area contributed by atoms with Gasteiger partial charge in [0.25, 0.3) is 5.56 Å². The van der Waals surface area contributed by atoms with E-state index in [1.807, 2.05) is 4.98 Å². The first-order valence-corrected chi connectivity index (χ1v) is 8.63. The third kappa shape index (κ3) is 7.23. The molecule has 0 amide bonds. The molecular formula is C16H25N3O9. The molecule has 2 heterocycles. The van der Waals surface area contributed by atoms with Gasteiger partial charge in [0, 0.05) is 24.7 Å². The molecule has 1 saturated heterocycles. The summed E-state index contributed by atoms with van der Waals surface area (Å²) in [5.74, 6) is -1.52. The minimum Gasteiger partial charge on any atom is -0.550 e. The third-order valence-corrected chi connectivity index (χ3v) is 3.75. The summed E-state index contributed by atoms with van der Waals surface area (Å²) >= 11 is 0. The summed E-state index contributed by atoms with van der Waals surface area (Å²) in [6.45, 7) is 1.47. The van der Waals surface area contributed by atoms with E-state index in [1.165, 1.54) is 0 Å². The number of aromatic amines is 1. The van der Waals surface area contributed by atoms with Gasteiger partial charge in [0.2, 0.25) is 0 Å². The molecule has 0 aromatic carbocycles. The van der Waals surface area contributed by atoms with Crippen molar-refractivity contribution < 1.29 is 40.1 Å². The summed E-state index contributed by atoms with van der Waals surface area (Å²) in [5, 5.41) is 28.9. The molecule has 0 spiro atoms. The van der Waals surface area contributed by atoms with Crippen molar-refractivity contribution >= 4 is 11.9 Å². The maximum absolute atomic E-state index is 11.7. The molecule has 0 aliphatic carbocycles. The summed E-state index contributed by atoms with van der Waals surface area (Å²) in [7, 11) is 0. The molecule has 0 saturated carbocycles. The van der Waals surface area contributed by atoms with Crippen molar-refractivity contribution in [2.75, 3.05) is 13.2 Å². The van der Waals surface area contributed by atoms with Gasteiger partial charge in [-0.05, 0) is 19.8 Å². The van der Waals surface area contributed by atoms with Gasteiger partial charge in [0.15, 0.2) is 6.23 Å². The van der Waals surface area contributed by atoms with Crippen molar-refractivity contribution in [3.63, 3.8) is 0 Å². The van der Waals surface area contributed by atoms with E-state index in [4.69, 9.17) is 19.4 Å². The van der Waals surface area contributed by atoms with Crippen LogP contribution in [0.3, 0.4) is 0 Å². The molecule has 12 nitrogen and oxygen atoms in total. The average molecular weight is 403 g/mol. The normalized spacial score (nSPS) is 23.6. The highest BCUT2D eigenvalue weighted by Gasteiger charge is 2.44. The number of hydrogen-bond donors (Lipinski definition) is 4. The topological polar surface area (TPSA) is 199 Å². The van der Waals surface area contributed by atoms with Crippen molar-refractivity contribution in [2.45, 2.75) is 50.7 Å². The Morgan fingerprint density at radius 3 is 2.54 bits per heavy atom. The van der Waals surface area contributed by atoms with Crippen molar-refractivity contribution in [2.24, 2.45) is 0 Å². The van der Waals surface area contributed by atoms with Crippen LogP contribution < -0.4 is 22.1 Å². The fourth-order valence-corrected chi connectivity index (χ4v) is 2.42. The Hall–Kier alpha value is -2.54. The highest BCUT2D eigenvalue weighted by molar-refractivity contribution is 5.69. The van der Waals surface area contributed by atoms with Gasteiger partial charge in [0.1, 0.15) is 24.9 Å². The number of carbonyl (C=O) groups is 2. The van der Waals surface area contributed by atoms with Crippen LogP contribution in [-0.4, -0.2) is 63.2 Å². The van der Waals surface area contributed by atoms with Crippen LogP contribution in [-0.2, 0) is 19.1 Å². The number of carboxylic acid groups (broad SMARTS) is 1. The first-order chi connectivity index (χ1) is 13.2. The predicted molar refractivity (Wildman–Crippen MR) is 90.5 cm³/mol. The number of H-pyrrole nitrogens is 1. The molecular weight excluding hydrogens is 378 g/mol. The van der Waals surface area contributed by atoms with E-state index in [-0.39, 0.29) is 13.0 Å². The minimum absolute atomic E-state index is 0.240. The third-order valence-electron chi connectivity index (χ3n) is 3.75. The van der Waals surface area contributed by atoms with E-state index in [1.54, 1.807) is 0 Å². The number of hydrogen-bond acceptors (Lipinski definition) is 9. The first kappa shape index (κ1) is 23.5. The number of carboxylic acids is 1. The van der Waals surface area contributed by atoms with Gasteiger partial charge in [-0.2, -0.15) is 0 Å². The van der Waals surface area contributed by atoms with E-state index in [0.717, 1.165) is 36.7 Å². The van der Waals surface area contributed by atoms with E-state index in [9.17, 15) is 24.6 Å². The number of quaternary nitrogens is 1. The van der Waals surface area contributed by atoms with Crippen molar-refractivity contribution in [1.29, 1.82) is 0 Å².